The third-order valence-electron chi connectivity index (χ3n) is 4.51. The van der Waals surface area contributed by atoms with Gasteiger partial charge in [0, 0.05) is 17.8 Å². The molecule has 0 saturated heterocycles. The molecule has 2 aromatic carbocycles. The summed E-state index contributed by atoms with van der Waals surface area (Å²) in [4.78, 5) is 25.8. The first kappa shape index (κ1) is 22.0. The van der Waals surface area contributed by atoms with Gasteiger partial charge in [0.25, 0.3) is 10.0 Å². The number of fused-ring (bicyclic) bond motifs is 1. The number of ketones is 1. The van der Waals surface area contributed by atoms with Crippen LogP contribution in [0.3, 0.4) is 0 Å². The topological polar surface area (TPSA) is 95.9 Å². The van der Waals surface area contributed by atoms with E-state index in [1.165, 1.54) is 6.92 Å². The number of carbonyl (C=O) groups excluding carboxylic acids is 2. The molecule has 0 aliphatic carbocycles. The lowest BCUT2D eigenvalue weighted by molar-refractivity contribution is -0.113. The Balaban J connectivity index is 1.73. The first-order chi connectivity index (χ1) is 14.3. The van der Waals surface area contributed by atoms with Crippen molar-refractivity contribution < 1.29 is 18.0 Å². The van der Waals surface area contributed by atoms with Gasteiger partial charge in [0.05, 0.1) is 11.4 Å². The number of hydrogen-bond donors (Lipinski definition) is 1. The molecule has 0 unspecified atom stereocenters. The molecule has 1 amide bonds. The van der Waals surface area contributed by atoms with Gasteiger partial charge < -0.3 is 10.2 Å². The first-order valence-corrected chi connectivity index (χ1v) is 12.0. The summed E-state index contributed by atoms with van der Waals surface area (Å²) in [6, 6.07) is 13.4. The molecule has 7 nitrogen and oxygen atoms in total. The lowest BCUT2D eigenvalue weighted by atomic mass is 10.1. The molecule has 0 radical (unpaired) electrons. The van der Waals surface area contributed by atoms with Crippen molar-refractivity contribution in [2.75, 3.05) is 22.5 Å². The number of sulfonamides is 1. The summed E-state index contributed by atoms with van der Waals surface area (Å²) >= 11 is 1.09. The molecule has 1 heterocycles. The van der Waals surface area contributed by atoms with Crippen LogP contribution in [0.2, 0.25) is 0 Å². The second kappa shape index (κ2) is 9.44. The monoisotopic (exact) mass is 445 g/mol. The number of para-hydroxylation sites is 1. The smallest absolute Gasteiger partial charge is 0.286 e. The van der Waals surface area contributed by atoms with E-state index in [4.69, 9.17) is 0 Å². The van der Waals surface area contributed by atoms with Gasteiger partial charge in [0.2, 0.25) is 5.91 Å². The average Bonchev–Trinajstić information content (AvgIpc) is 2.72. The quantitative estimate of drug-likeness (QED) is 0.649. The SMILES string of the molecule is CCCCN1C(SCC(=O)Nc2ccc(C(C)=O)cc2)=NS(=O)(=O)c2ccccc21. The molecule has 0 atom stereocenters. The molecule has 30 heavy (non-hydrogen) atoms. The van der Waals surface area contributed by atoms with Gasteiger partial charge in [-0.2, -0.15) is 8.42 Å². The van der Waals surface area contributed by atoms with E-state index in [1.54, 1.807) is 48.5 Å². The predicted octanol–water partition coefficient (Wildman–Crippen LogP) is 3.93. The Morgan fingerprint density at radius 1 is 1.10 bits per heavy atom. The van der Waals surface area contributed by atoms with Crippen molar-refractivity contribution in [3.63, 3.8) is 0 Å². The zero-order valence-corrected chi connectivity index (χ0v) is 18.4. The number of amides is 1. The maximum atomic E-state index is 12.6. The lowest BCUT2D eigenvalue weighted by Crippen LogP contribution is -2.35. The Morgan fingerprint density at radius 3 is 2.47 bits per heavy atom. The molecule has 0 aromatic heterocycles. The van der Waals surface area contributed by atoms with Gasteiger partial charge in [-0.15, -0.1) is 4.40 Å². The van der Waals surface area contributed by atoms with E-state index in [0.29, 0.717) is 28.7 Å². The van der Waals surface area contributed by atoms with E-state index in [-0.39, 0.29) is 22.3 Å². The van der Waals surface area contributed by atoms with Crippen LogP contribution in [0.15, 0.2) is 57.8 Å². The van der Waals surface area contributed by atoms with E-state index < -0.39 is 10.0 Å². The van der Waals surface area contributed by atoms with Crippen molar-refractivity contribution in [3.8, 4) is 0 Å². The van der Waals surface area contributed by atoms with Crippen molar-refractivity contribution in [2.45, 2.75) is 31.6 Å². The van der Waals surface area contributed by atoms with Crippen LogP contribution in [0.5, 0.6) is 0 Å². The van der Waals surface area contributed by atoms with Crippen molar-refractivity contribution in [1.82, 2.24) is 0 Å². The molecule has 1 aliphatic heterocycles. The minimum Gasteiger partial charge on any atom is -0.325 e. The number of rotatable bonds is 7. The van der Waals surface area contributed by atoms with Crippen LogP contribution in [0.1, 0.15) is 37.0 Å². The summed E-state index contributed by atoms with van der Waals surface area (Å²) in [7, 11) is -3.81. The second-order valence-corrected chi connectivity index (χ2v) is 9.31. The highest BCUT2D eigenvalue weighted by Crippen LogP contribution is 2.34. The zero-order valence-electron chi connectivity index (χ0n) is 16.8. The van der Waals surface area contributed by atoms with E-state index in [0.717, 1.165) is 24.6 Å². The summed E-state index contributed by atoms with van der Waals surface area (Å²) < 4.78 is 29.1. The largest absolute Gasteiger partial charge is 0.325 e. The van der Waals surface area contributed by atoms with Crippen LogP contribution in [0.25, 0.3) is 0 Å². The third kappa shape index (κ3) is 5.09. The highest BCUT2D eigenvalue weighted by Gasteiger charge is 2.30. The summed E-state index contributed by atoms with van der Waals surface area (Å²) in [5.41, 5.74) is 1.72. The summed E-state index contributed by atoms with van der Waals surface area (Å²) in [5.74, 6) is -0.328. The van der Waals surface area contributed by atoms with Gasteiger partial charge >= 0.3 is 0 Å². The van der Waals surface area contributed by atoms with E-state index in [1.807, 2.05) is 4.90 Å². The maximum absolute atomic E-state index is 12.6. The molecule has 158 valence electrons. The summed E-state index contributed by atoms with van der Waals surface area (Å²) in [6.45, 7) is 4.15. The third-order valence-corrected chi connectivity index (χ3v) is 6.91. The van der Waals surface area contributed by atoms with E-state index in [2.05, 4.69) is 16.6 Å². The Kier molecular flexibility index (Phi) is 6.94. The molecular formula is C21H23N3O4S2. The fourth-order valence-electron chi connectivity index (χ4n) is 2.95. The highest BCUT2D eigenvalue weighted by atomic mass is 32.2. The fourth-order valence-corrected chi connectivity index (χ4v) is 5.23. The Labute approximate surface area is 180 Å². The van der Waals surface area contributed by atoms with Crippen LogP contribution in [-0.4, -0.2) is 37.6 Å². The lowest BCUT2D eigenvalue weighted by Gasteiger charge is -2.30. The highest BCUT2D eigenvalue weighted by molar-refractivity contribution is 8.15. The first-order valence-electron chi connectivity index (χ1n) is 9.57. The van der Waals surface area contributed by atoms with Crippen LogP contribution in [0, 0.1) is 0 Å². The van der Waals surface area contributed by atoms with Gasteiger partial charge in [-0.1, -0.05) is 37.2 Å². The van der Waals surface area contributed by atoms with Crippen molar-refractivity contribution in [2.24, 2.45) is 4.40 Å². The molecule has 2 aromatic rings. The number of hydrogen-bond acceptors (Lipinski definition) is 6. The number of Topliss-reactive ketones (excluding diaryl/α,β-unsaturated/α-hetero) is 1. The minimum absolute atomic E-state index is 0.00754. The number of benzene rings is 2. The zero-order chi connectivity index (χ0) is 21.7. The van der Waals surface area contributed by atoms with Gasteiger partial charge in [0.15, 0.2) is 11.0 Å². The molecule has 3 rings (SSSR count). The van der Waals surface area contributed by atoms with Gasteiger partial charge in [0.1, 0.15) is 4.90 Å². The van der Waals surface area contributed by atoms with Crippen LogP contribution < -0.4 is 10.2 Å². The normalized spacial score (nSPS) is 14.6. The van der Waals surface area contributed by atoms with E-state index >= 15 is 0 Å². The molecule has 9 heteroatoms. The van der Waals surface area contributed by atoms with Gasteiger partial charge in [-0.25, -0.2) is 0 Å². The number of anilines is 2. The van der Waals surface area contributed by atoms with Crippen molar-refractivity contribution >= 4 is 50.0 Å². The van der Waals surface area contributed by atoms with Crippen molar-refractivity contribution in [1.29, 1.82) is 0 Å². The Bertz CT molecular complexity index is 1080. The molecule has 1 aliphatic rings. The second-order valence-electron chi connectivity index (χ2n) is 6.79. The summed E-state index contributed by atoms with van der Waals surface area (Å²) in [5, 5.41) is 3.05. The predicted molar refractivity (Wildman–Crippen MR) is 121 cm³/mol. The number of amidine groups is 1. The Morgan fingerprint density at radius 2 is 1.80 bits per heavy atom. The number of unbranched alkanes of at least 4 members (excludes halogenated alkanes) is 1. The molecule has 1 N–H and O–H groups in total. The molecule has 0 saturated carbocycles. The van der Waals surface area contributed by atoms with Crippen LogP contribution >= 0.6 is 11.8 Å². The van der Waals surface area contributed by atoms with Crippen LogP contribution in [0.4, 0.5) is 11.4 Å². The van der Waals surface area contributed by atoms with E-state index in [9.17, 15) is 18.0 Å². The molecule has 0 spiro atoms. The van der Waals surface area contributed by atoms with Gasteiger partial charge in [-0.05, 0) is 49.7 Å². The maximum Gasteiger partial charge on any atom is 0.286 e. The van der Waals surface area contributed by atoms with Crippen molar-refractivity contribution in [3.05, 3.63) is 54.1 Å². The molecule has 0 fully saturated rings. The van der Waals surface area contributed by atoms with Gasteiger partial charge in [-0.3, -0.25) is 9.59 Å². The van der Waals surface area contributed by atoms with Crippen LogP contribution in [-0.2, 0) is 14.8 Å². The average molecular weight is 446 g/mol. The fraction of sp³-hybridized carbons (Fsp3) is 0.286. The number of thioether (sulfide) groups is 1. The summed E-state index contributed by atoms with van der Waals surface area (Å²) in [6.07, 6.45) is 1.81. The minimum atomic E-state index is -3.81. The number of nitrogens with one attached hydrogen (secondary N) is 1. The number of nitrogens with zero attached hydrogens (tertiary/aromatic N) is 2. The number of carbonyl (C=O) groups is 2. The standard InChI is InChI=1S/C21H23N3O4S2/c1-3-4-13-24-18-7-5-6-8-19(18)30(27,28)23-21(24)29-14-20(26)22-17-11-9-16(10-12-17)15(2)25/h5-12H,3-4,13-14H2,1-2H3,(H,22,26). The molecular weight excluding hydrogens is 422 g/mol. The Hall–Kier alpha value is -2.65. The molecule has 0 bridgehead atoms.